The monoisotopic (exact) mass is 345 g/mol. The van der Waals surface area contributed by atoms with E-state index < -0.39 is 0 Å². The first-order valence-electron chi connectivity index (χ1n) is 8.30. The number of nitrogens with zero attached hydrogens (tertiary/aromatic N) is 1. The molecule has 0 N–H and O–H groups in total. The van der Waals surface area contributed by atoms with Gasteiger partial charge in [0.25, 0.3) is 0 Å². The van der Waals surface area contributed by atoms with Gasteiger partial charge in [-0.1, -0.05) is 48.5 Å². The van der Waals surface area contributed by atoms with Crippen LogP contribution in [0, 0.1) is 5.92 Å². The summed E-state index contributed by atoms with van der Waals surface area (Å²) in [4.78, 5) is 14.4. The first kappa shape index (κ1) is 18.5. The van der Waals surface area contributed by atoms with E-state index in [1.165, 1.54) is 5.56 Å². The highest BCUT2D eigenvalue weighted by Gasteiger charge is 2.20. The summed E-state index contributed by atoms with van der Waals surface area (Å²) < 4.78 is 5.46. The van der Waals surface area contributed by atoms with Crippen LogP contribution < -0.4 is 0 Å². The Kier molecular flexibility index (Phi) is 7.29. The Hall–Kier alpha value is -1.84. The highest BCUT2D eigenvalue weighted by Crippen LogP contribution is 2.19. The molecular weight excluding hydrogens is 322 g/mol. The SMILES string of the molecule is Cl.O=C(OCC1CCN(Cc2ccccc2)CC1)c1ccccc1. The fraction of sp³-hybridized carbons (Fsp3) is 0.350. The largest absolute Gasteiger partial charge is 0.462 e. The van der Waals surface area contributed by atoms with Gasteiger partial charge < -0.3 is 4.74 Å². The first-order chi connectivity index (χ1) is 11.3. The zero-order valence-corrected chi connectivity index (χ0v) is 14.6. The van der Waals surface area contributed by atoms with Gasteiger partial charge in [-0.05, 0) is 49.5 Å². The minimum atomic E-state index is -0.211. The van der Waals surface area contributed by atoms with Crippen molar-refractivity contribution in [3.05, 3.63) is 71.8 Å². The van der Waals surface area contributed by atoms with Crippen LogP contribution in [0.25, 0.3) is 0 Å². The van der Waals surface area contributed by atoms with Crippen molar-refractivity contribution in [2.75, 3.05) is 19.7 Å². The predicted octanol–water partition coefficient (Wildman–Crippen LogP) is 4.18. The third-order valence-corrected chi connectivity index (χ3v) is 4.42. The van der Waals surface area contributed by atoms with Crippen LogP contribution in [0.15, 0.2) is 60.7 Å². The number of esters is 1. The van der Waals surface area contributed by atoms with E-state index in [4.69, 9.17) is 4.74 Å². The number of rotatable bonds is 5. The highest BCUT2D eigenvalue weighted by molar-refractivity contribution is 5.89. The van der Waals surface area contributed by atoms with Gasteiger partial charge in [-0.3, -0.25) is 4.90 Å². The van der Waals surface area contributed by atoms with Crippen LogP contribution in [0.4, 0.5) is 0 Å². The van der Waals surface area contributed by atoms with E-state index in [2.05, 4.69) is 35.2 Å². The van der Waals surface area contributed by atoms with Crippen LogP contribution in [0.5, 0.6) is 0 Å². The molecule has 1 aliphatic heterocycles. The number of benzene rings is 2. The van der Waals surface area contributed by atoms with Crippen LogP contribution in [0.3, 0.4) is 0 Å². The second kappa shape index (κ2) is 9.45. The molecule has 1 aliphatic rings. The quantitative estimate of drug-likeness (QED) is 0.761. The molecule has 3 nitrogen and oxygen atoms in total. The lowest BCUT2D eigenvalue weighted by Crippen LogP contribution is -2.34. The van der Waals surface area contributed by atoms with Gasteiger partial charge in [-0.2, -0.15) is 0 Å². The van der Waals surface area contributed by atoms with Crippen LogP contribution >= 0.6 is 12.4 Å². The molecule has 2 aromatic rings. The molecule has 0 spiro atoms. The molecule has 0 atom stereocenters. The lowest BCUT2D eigenvalue weighted by atomic mass is 9.97. The lowest BCUT2D eigenvalue weighted by molar-refractivity contribution is 0.0369. The van der Waals surface area contributed by atoms with Crippen molar-refractivity contribution in [1.82, 2.24) is 4.90 Å². The smallest absolute Gasteiger partial charge is 0.338 e. The van der Waals surface area contributed by atoms with Gasteiger partial charge in [0.05, 0.1) is 12.2 Å². The normalized spacial score (nSPS) is 15.5. The minimum absolute atomic E-state index is 0. The average Bonchev–Trinajstić information content (AvgIpc) is 2.62. The Balaban J connectivity index is 0.00000208. The second-order valence-electron chi connectivity index (χ2n) is 6.17. The molecule has 128 valence electrons. The summed E-state index contributed by atoms with van der Waals surface area (Å²) in [7, 11) is 0. The number of hydrogen-bond acceptors (Lipinski definition) is 3. The molecular formula is C20H24ClNO2. The van der Waals surface area contributed by atoms with Crippen molar-refractivity contribution in [2.45, 2.75) is 19.4 Å². The van der Waals surface area contributed by atoms with Gasteiger partial charge in [0, 0.05) is 6.54 Å². The summed E-state index contributed by atoms with van der Waals surface area (Å²) in [6.45, 7) is 3.69. The third kappa shape index (κ3) is 5.36. The van der Waals surface area contributed by atoms with Crippen molar-refractivity contribution in [3.63, 3.8) is 0 Å². The summed E-state index contributed by atoms with van der Waals surface area (Å²) in [5, 5.41) is 0. The molecule has 3 rings (SSSR count). The zero-order chi connectivity index (χ0) is 15.9. The van der Waals surface area contributed by atoms with Gasteiger partial charge >= 0.3 is 5.97 Å². The molecule has 0 bridgehead atoms. The van der Waals surface area contributed by atoms with Gasteiger partial charge in [0.1, 0.15) is 0 Å². The van der Waals surface area contributed by atoms with E-state index in [9.17, 15) is 4.79 Å². The number of halogens is 1. The van der Waals surface area contributed by atoms with E-state index in [1.54, 1.807) is 12.1 Å². The van der Waals surface area contributed by atoms with Gasteiger partial charge in [-0.15, -0.1) is 12.4 Å². The molecule has 4 heteroatoms. The number of likely N-dealkylation sites (tertiary alicyclic amines) is 1. The van der Waals surface area contributed by atoms with Crippen LogP contribution in [-0.2, 0) is 11.3 Å². The van der Waals surface area contributed by atoms with E-state index in [1.807, 2.05) is 18.2 Å². The molecule has 0 unspecified atom stereocenters. The fourth-order valence-corrected chi connectivity index (χ4v) is 3.00. The molecule has 2 aromatic carbocycles. The standard InChI is InChI=1S/C20H23NO2.ClH/c22-20(19-9-5-2-6-10-19)23-16-18-11-13-21(14-12-18)15-17-7-3-1-4-8-17;/h1-10,18H,11-16H2;1H. The van der Waals surface area contributed by atoms with Gasteiger partial charge in [0.15, 0.2) is 0 Å². The van der Waals surface area contributed by atoms with Crippen molar-refractivity contribution in [1.29, 1.82) is 0 Å². The molecule has 1 saturated heterocycles. The van der Waals surface area contributed by atoms with Crippen molar-refractivity contribution in [2.24, 2.45) is 5.92 Å². The Morgan fingerprint density at radius 2 is 1.54 bits per heavy atom. The summed E-state index contributed by atoms with van der Waals surface area (Å²) in [6, 6.07) is 19.8. The summed E-state index contributed by atoms with van der Waals surface area (Å²) >= 11 is 0. The van der Waals surface area contributed by atoms with Crippen LogP contribution in [0.2, 0.25) is 0 Å². The Morgan fingerprint density at radius 3 is 2.17 bits per heavy atom. The van der Waals surface area contributed by atoms with E-state index in [-0.39, 0.29) is 18.4 Å². The number of carbonyl (C=O) groups is 1. The molecule has 0 saturated carbocycles. The zero-order valence-electron chi connectivity index (χ0n) is 13.8. The Labute approximate surface area is 150 Å². The van der Waals surface area contributed by atoms with Crippen molar-refractivity contribution < 1.29 is 9.53 Å². The van der Waals surface area contributed by atoms with E-state index >= 15 is 0 Å². The lowest BCUT2D eigenvalue weighted by Gasteiger charge is -2.31. The van der Waals surface area contributed by atoms with Crippen LogP contribution in [-0.4, -0.2) is 30.6 Å². The third-order valence-electron chi connectivity index (χ3n) is 4.42. The average molecular weight is 346 g/mol. The Morgan fingerprint density at radius 1 is 0.958 bits per heavy atom. The number of piperidine rings is 1. The predicted molar refractivity (Wildman–Crippen MR) is 98.4 cm³/mol. The van der Waals surface area contributed by atoms with Gasteiger partial charge in [-0.25, -0.2) is 4.79 Å². The van der Waals surface area contributed by atoms with Crippen molar-refractivity contribution >= 4 is 18.4 Å². The molecule has 0 aromatic heterocycles. The first-order valence-corrected chi connectivity index (χ1v) is 8.30. The maximum absolute atomic E-state index is 12.0. The Bertz CT molecular complexity index is 610. The summed E-state index contributed by atoms with van der Waals surface area (Å²) in [5.74, 6) is 0.270. The van der Waals surface area contributed by atoms with Gasteiger partial charge in [0.2, 0.25) is 0 Å². The summed E-state index contributed by atoms with van der Waals surface area (Å²) in [6.07, 6.45) is 2.18. The minimum Gasteiger partial charge on any atom is -0.462 e. The summed E-state index contributed by atoms with van der Waals surface area (Å²) in [5.41, 5.74) is 2.00. The fourth-order valence-electron chi connectivity index (χ4n) is 3.00. The molecule has 24 heavy (non-hydrogen) atoms. The number of ether oxygens (including phenoxy) is 1. The number of hydrogen-bond donors (Lipinski definition) is 0. The van der Waals surface area contributed by atoms with E-state index in [0.29, 0.717) is 18.1 Å². The van der Waals surface area contributed by atoms with Crippen LogP contribution in [0.1, 0.15) is 28.8 Å². The highest BCUT2D eigenvalue weighted by atomic mass is 35.5. The second-order valence-corrected chi connectivity index (χ2v) is 6.17. The topological polar surface area (TPSA) is 29.5 Å². The maximum atomic E-state index is 12.0. The van der Waals surface area contributed by atoms with Crippen molar-refractivity contribution in [3.8, 4) is 0 Å². The maximum Gasteiger partial charge on any atom is 0.338 e. The number of carbonyl (C=O) groups excluding carboxylic acids is 1. The molecule has 1 fully saturated rings. The molecule has 0 aliphatic carbocycles. The molecule has 0 radical (unpaired) electrons. The molecule has 1 heterocycles. The van der Waals surface area contributed by atoms with E-state index in [0.717, 1.165) is 32.5 Å². The molecule has 0 amide bonds.